The van der Waals surface area contributed by atoms with Crippen LogP contribution in [0.3, 0.4) is 0 Å². The number of halogens is 2. The first-order chi connectivity index (χ1) is 43.7. The summed E-state index contributed by atoms with van der Waals surface area (Å²) in [7, 11) is 0. The summed E-state index contributed by atoms with van der Waals surface area (Å²) in [6.07, 6.45) is 7.40. The van der Waals surface area contributed by atoms with E-state index >= 15 is 0 Å². The third-order valence-corrected chi connectivity index (χ3v) is 16.5. The van der Waals surface area contributed by atoms with Crippen LogP contribution in [0.25, 0.3) is 11.3 Å². The van der Waals surface area contributed by atoms with Crippen molar-refractivity contribution < 1.29 is 77.0 Å². The van der Waals surface area contributed by atoms with E-state index in [2.05, 4.69) is 65.4 Å². The minimum absolute atomic E-state index is 0.00660. The molecule has 2 amide bonds. The summed E-state index contributed by atoms with van der Waals surface area (Å²) >= 11 is 6.23. The summed E-state index contributed by atoms with van der Waals surface area (Å²) in [5.41, 5.74) is -0.280. The molecule has 9 aliphatic rings. The number of hydrogen-bond donors (Lipinski definition) is 8. The number of aliphatic hydroxyl groups excluding tert-OH is 4. The van der Waals surface area contributed by atoms with Crippen molar-refractivity contribution in [3.05, 3.63) is 101 Å². The number of hydrogen-bond acceptors (Lipinski definition) is 25. The third-order valence-electron chi connectivity index (χ3n) is 16.2. The second-order valence-electron chi connectivity index (χ2n) is 24.2. The van der Waals surface area contributed by atoms with Crippen LogP contribution in [-0.4, -0.2) is 241 Å². The highest BCUT2D eigenvalue weighted by Gasteiger charge is 2.48. The predicted molar refractivity (Wildman–Crippen MR) is 320 cm³/mol. The average Bonchev–Trinajstić information content (AvgIpc) is 1.44. The fraction of sp³-hybridized carbons (Fsp3) is 0.559. The molecule has 8 N–H and O–H groups in total. The molecule has 0 aliphatic carbocycles. The Morgan fingerprint density at radius 1 is 0.604 bits per heavy atom. The minimum atomic E-state index is -0.813. The van der Waals surface area contributed by atoms with Gasteiger partial charge in [0.1, 0.15) is 59.1 Å². The first kappa shape index (κ1) is 65.1. The fourth-order valence-electron chi connectivity index (χ4n) is 11.6. The molecule has 6 aromatic rings. The van der Waals surface area contributed by atoms with Gasteiger partial charge in [0.2, 0.25) is 0 Å². The van der Waals surface area contributed by atoms with Crippen LogP contribution in [0.5, 0.6) is 0 Å². The van der Waals surface area contributed by atoms with E-state index in [1.54, 1.807) is 45.6 Å². The van der Waals surface area contributed by atoms with E-state index in [1.165, 1.54) is 24.3 Å². The van der Waals surface area contributed by atoms with Gasteiger partial charge in [0.05, 0.1) is 150 Å². The number of amides is 2. The van der Waals surface area contributed by atoms with E-state index in [0.29, 0.717) is 79.0 Å². The van der Waals surface area contributed by atoms with Gasteiger partial charge in [0.25, 0.3) is 5.91 Å². The van der Waals surface area contributed by atoms with E-state index in [1.807, 2.05) is 30.3 Å². The molecule has 32 heteroatoms. The van der Waals surface area contributed by atoms with Crippen LogP contribution >= 0.6 is 11.6 Å². The number of aromatic amines is 4. The van der Waals surface area contributed by atoms with Gasteiger partial charge in [-0.3, -0.25) is 25.2 Å². The molecular weight excluding hydrogens is 1210 g/mol. The molecule has 30 nitrogen and oxygen atoms in total. The normalized spacial score (nSPS) is 28.4. The molecule has 15 rings (SSSR count). The van der Waals surface area contributed by atoms with Crippen LogP contribution in [0, 0.1) is 17.1 Å². The molecular formula is C59H75ClFN15O15. The lowest BCUT2D eigenvalue weighted by Crippen LogP contribution is -2.48. The van der Waals surface area contributed by atoms with E-state index in [-0.39, 0.29) is 39.6 Å². The number of carbonyl (C=O) groups excluding carboxylic acids is 2. The molecule has 1 aromatic carbocycles. The van der Waals surface area contributed by atoms with Gasteiger partial charge in [-0.05, 0) is 39.0 Å². The van der Waals surface area contributed by atoms with Crippen molar-refractivity contribution >= 4 is 46.9 Å². The lowest BCUT2D eigenvalue weighted by molar-refractivity contribution is -0.280. The number of nitriles is 1. The topological polar surface area (TPSA) is 366 Å². The van der Waals surface area contributed by atoms with Gasteiger partial charge in [0, 0.05) is 76.1 Å². The highest BCUT2D eigenvalue weighted by atomic mass is 35.5. The number of ether oxygens (including phenoxy) is 9. The quantitative estimate of drug-likeness (QED) is 0.123. The summed E-state index contributed by atoms with van der Waals surface area (Å²) in [5, 5.41) is 73.9. The largest absolute Gasteiger partial charge is 0.443 e. The summed E-state index contributed by atoms with van der Waals surface area (Å²) in [6.45, 7) is 14.0. The third kappa shape index (κ3) is 15.6. The first-order valence-corrected chi connectivity index (χ1v) is 30.3. The number of anilines is 4. The Kier molecular flexibility index (Phi) is 19.9. The molecule has 9 aliphatic heterocycles. The maximum atomic E-state index is 14.3. The molecule has 0 atom stereocenters. The highest BCUT2D eigenvalue weighted by molar-refractivity contribution is 6.35. The van der Waals surface area contributed by atoms with E-state index in [0.717, 1.165) is 80.0 Å². The molecule has 8 saturated heterocycles. The molecule has 5 aromatic heterocycles. The van der Waals surface area contributed by atoms with Gasteiger partial charge in [0.15, 0.2) is 23.1 Å². The van der Waals surface area contributed by atoms with Crippen LogP contribution in [0.2, 0.25) is 5.02 Å². The van der Waals surface area contributed by atoms with Crippen LogP contribution < -0.4 is 19.6 Å². The second kappa shape index (κ2) is 27.8. The Morgan fingerprint density at radius 2 is 0.956 bits per heavy atom. The van der Waals surface area contributed by atoms with Crippen molar-refractivity contribution in [2.75, 3.05) is 125 Å². The lowest BCUT2D eigenvalue weighted by Gasteiger charge is -2.35. The zero-order valence-corrected chi connectivity index (χ0v) is 51.3. The molecule has 91 heavy (non-hydrogen) atoms. The maximum absolute atomic E-state index is 14.3. The van der Waals surface area contributed by atoms with Gasteiger partial charge >= 0.3 is 6.09 Å². The Labute approximate surface area is 527 Å². The van der Waals surface area contributed by atoms with Crippen molar-refractivity contribution in [1.29, 1.82) is 5.26 Å². The molecule has 8 fully saturated rings. The molecule has 490 valence electrons. The molecule has 0 unspecified atom stereocenters. The van der Waals surface area contributed by atoms with Crippen molar-refractivity contribution in [2.24, 2.45) is 0 Å². The molecule has 0 radical (unpaired) electrons. The van der Waals surface area contributed by atoms with Crippen molar-refractivity contribution in [3.8, 4) is 17.3 Å². The Hall–Kier alpha value is -7.42. The maximum Gasteiger partial charge on any atom is 0.417 e. The number of aromatic nitrogens is 9. The molecule has 0 saturated carbocycles. The number of nitrogens with one attached hydrogen (secondary N) is 4. The predicted octanol–water partition coefficient (Wildman–Crippen LogP) is 3.20. The number of nitrogens with zero attached hydrogens (tertiary/aromatic N) is 11. The molecule has 14 heterocycles. The van der Waals surface area contributed by atoms with Gasteiger partial charge < -0.3 is 82.7 Å². The van der Waals surface area contributed by atoms with Gasteiger partial charge in [-0.15, -0.1) is 0 Å². The van der Waals surface area contributed by atoms with E-state index in [9.17, 15) is 39.7 Å². The number of benzene rings is 1. The Morgan fingerprint density at radius 3 is 1.26 bits per heavy atom. The SMILES string of the molecule is CC(C)(C)OC(=O)N1Cc2nc(-c3c(F)cccc3C#N)cc(Cl)c2C1=O.OC1COC2(CCN(c3ccn[nH]3)C2)OC1.OC1COC2(CCN(c3ccn[nH]3)C2)OC1.OC1COC2(CCN(c3ccn[nH]3)C2)OC1.OC1COC2(CCN(c3ccn[nH]3)C2)OC1. The zero-order valence-electron chi connectivity index (χ0n) is 50.5. The number of aliphatic hydroxyl groups is 4. The summed E-state index contributed by atoms with van der Waals surface area (Å²) in [4.78, 5) is 38.6. The van der Waals surface area contributed by atoms with Crippen LogP contribution in [0.4, 0.5) is 32.5 Å². The van der Waals surface area contributed by atoms with Crippen LogP contribution in [-0.2, 0) is 49.2 Å². The first-order valence-electron chi connectivity index (χ1n) is 30.0. The monoisotopic (exact) mass is 1290 g/mol. The van der Waals surface area contributed by atoms with Crippen molar-refractivity contribution in [1.82, 2.24) is 50.7 Å². The number of carbonyl (C=O) groups is 2. The number of H-pyrrole nitrogens is 4. The summed E-state index contributed by atoms with van der Waals surface area (Å²) < 4.78 is 64.5. The van der Waals surface area contributed by atoms with Gasteiger partial charge in [-0.25, -0.2) is 19.1 Å². The minimum Gasteiger partial charge on any atom is -0.443 e. The Balaban J connectivity index is 0.000000119. The van der Waals surface area contributed by atoms with Crippen LogP contribution in [0.1, 0.15) is 68.1 Å². The van der Waals surface area contributed by atoms with Crippen molar-refractivity contribution in [2.45, 2.75) is 106 Å². The average molecular weight is 1290 g/mol. The van der Waals surface area contributed by atoms with E-state index in [4.69, 9.17) is 54.2 Å². The smallest absolute Gasteiger partial charge is 0.417 e. The summed E-state index contributed by atoms with van der Waals surface area (Å²) in [5.74, 6) is 0.516. The highest BCUT2D eigenvalue weighted by Crippen LogP contribution is 2.38. The Bertz CT molecular complexity index is 3100. The summed E-state index contributed by atoms with van der Waals surface area (Å²) in [6, 6.07) is 15.0. The molecule has 0 bridgehead atoms. The van der Waals surface area contributed by atoms with E-state index < -0.39 is 71.0 Å². The number of imide groups is 1. The number of rotatable bonds is 5. The van der Waals surface area contributed by atoms with Gasteiger partial charge in [-0.2, -0.15) is 25.7 Å². The number of fused-ring (bicyclic) bond motifs is 1. The van der Waals surface area contributed by atoms with Gasteiger partial charge in [-0.1, -0.05) is 17.7 Å². The number of pyridine rings is 1. The standard InChI is InChI=1S/C19H15ClFN3O3.4C10H15N3O3/c1-19(2,3)27-18(26)24-9-14-16(17(24)25)11(20)7-13(23-14)15-10(8-22)5-4-6-12(15)21;4*14-8-5-15-10(16-6-8)2-4-13(7-10)9-1-3-11-12-9/h4-7H,9H2,1-3H3;4*1,3,8,14H,2,4-7H2,(H,11,12). The lowest BCUT2D eigenvalue weighted by atomic mass is 10.0. The fourth-order valence-corrected chi connectivity index (χ4v) is 11.8. The van der Waals surface area contributed by atoms with Crippen molar-refractivity contribution in [3.63, 3.8) is 0 Å². The molecule has 4 spiro atoms. The van der Waals surface area contributed by atoms with Crippen LogP contribution in [0.15, 0.2) is 73.3 Å². The second-order valence-corrected chi connectivity index (χ2v) is 24.6. The zero-order chi connectivity index (χ0) is 64.0.